The SMILES string of the molecule is CN=C(NCCc1ccc(OC)cc1)NCCc1c[nH]c2ccccc12.I. The first-order valence-corrected chi connectivity index (χ1v) is 8.92. The van der Waals surface area contributed by atoms with Gasteiger partial charge >= 0.3 is 0 Å². The number of aromatic nitrogens is 1. The molecule has 0 amide bonds. The van der Waals surface area contributed by atoms with Crippen molar-refractivity contribution in [3.05, 3.63) is 65.9 Å². The van der Waals surface area contributed by atoms with E-state index in [-0.39, 0.29) is 24.0 Å². The van der Waals surface area contributed by atoms with E-state index in [1.165, 1.54) is 22.0 Å². The fraction of sp³-hybridized carbons (Fsp3) is 0.286. The molecule has 3 N–H and O–H groups in total. The lowest BCUT2D eigenvalue weighted by molar-refractivity contribution is 0.414. The topological polar surface area (TPSA) is 61.4 Å². The average Bonchev–Trinajstić information content (AvgIpc) is 3.10. The van der Waals surface area contributed by atoms with Gasteiger partial charge in [0.15, 0.2) is 5.96 Å². The number of aliphatic imine (C=N–C) groups is 1. The number of ether oxygens (including phenoxy) is 1. The number of hydrogen-bond donors (Lipinski definition) is 3. The van der Waals surface area contributed by atoms with Crippen LogP contribution in [0, 0.1) is 0 Å². The summed E-state index contributed by atoms with van der Waals surface area (Å²) >= 11 is 0. The summed E-state index contributed by atoms with van der Waals surface area (Å²) in [5, 5.41) is 8.03. The lowest BCUT2D eigenvalue weighted by Crippen LogP contribution is -2.39. The van der Waals surface area contributed by atoms with Crippen molar-refractivity contribution in [1.82, 2.24) is 15.6 Å². The van der Waals surface area contributed by atoms with Crippen molar-refractivity contribution in [2.45, 2.75) is 12.8 Å². The van der Waals surface area contributed by atoms with Crippen LogP contribution in [-0.4, -0.2) is 38.2 Å². The van der Waals surface area contributed by atoms with E-state index in [1.54, 1.807) is 14.2 Å². The Kier molecular flexibility index (Phi) is 8.44. The summed E-state index contributed by atoms with van der Waals surface area (Å²) in [4.78, 5) is 7.61. The predicted molar refractivity (Wildman–Crippen MR) is 123 cm³/mol. The molecule has 2 aromatic carbocycles. The number of para-hydroxylation sites is 1. The van der Waals surface area contributed by atoms with Gasteiger partial charge in [0.25, 0.3) is 0 Å². The summed E-state index contributed by atoms with van der Waals surface area (Å²) in [6.45, 7) is 1.67. The van der Waals surface area contributed by atoms with Crippen LogP contribution in [0.3, 0.4) is 0 Å². The number of H-pyrrole nitrogens is 1. The van der Waals surface area contributed by atoms with Crippen LogP contribution in [0.15, 0.2) is 59.7 Å². The number of hydrogen-bond acceptors (Lipinski definition) is 2. The van der Waals surface area contributed by atoms with Crippen molar-refractivity contribution in [2.24, 2.45) is 4.99 Å². The molecule has 144 valence electrons. The molecule has 5 nitrogen and oxygen atoms in total. The number of aromatic amines is 1. The molecular weight excluding hydrogens is 451 g/mol. The third kappa shape index (κ3) is 5.89. The van der Waals surface area contributed by atoms with Gasteiger partial charge in [-0.05, 0) is 42.2 Å². The van der Waals surface area contributed by atoms with Gasteiger partial charge in [-0.3, -0.25) is 4.99 Å². The second-order valence-electron chi connectivity index (χ2n) is 6.13. The van der Waals surface area contributed by atoms with Crippen molar-refractivity contribution in [2.75, 3.05) is 27.2 Å². The Morgan fingerprint density at radius 2 is 1.70 bits per heavy atom. The number of nitrogens with one attached hydrogen (secondary N) is 3. The Bertz CT molecular complexity index is 858. The molecule has 6 heteroatoms. The minimum Gasteiger partial charge on any atom is -0.497 e. The van der Waals surface area contributed by atoms with Crippen molar-refractivity contribution < 1.29 is 4.74 Å². The van der Waals surface area contributed by atoms with Gasteiger partial charge in [0, 0.05) is 37.2 Å². The van der Waals surface area contributed by atoms with Crippen LogP contribution in [-0.2, 0) is 12.8 Å². The van der Waals surface area contributed by atoms with Gasteiger partial charge in [0.1, 0.15) is 5.75 Å². The van der Waals surface area contributed by atoms with E-state index in [4.69, 9.17) is 4.74 Å². The summed E-state index contributed by atoms with van der Waals surface area (Å²) in [7, 11) is 3.48. The number of benzene rings is 2. The first-order valence-electron chi connectivity index (χ1n) is 8.92. The second kappa shape index (κ2) is 10.8. The molecule has 0 radical (unpaired) electrons. The minimum atomic E-state index is 0. The molecule has 1 heterocycles. The van der Waals surface area contributed by atoms with Crippen LogP contribution in [0.1, 0.15) is 11.1 Å². The van der Waals surface area contributed by atoms with Crippen LogP contribution in [0.5, 0.6) is 5.75 Å². The number of fused-ring (bicyclic) bond motifs is 1. The molecule has 0 aliphatic carbocycles. The van der Waals surface area contributed by atoms with Gasteiger partial charge in [-0.2, -0.15) is 0 Å². The monoisotopic (exact) mass is 478 g/mol. The summed E-state index contributed by atoms with van der Waals surface area (Å²) in [6.07, 6.45) is 3.97. The van der Waals surface area contributed by atoms with E-state index in [9.17, 15) is 0 Å². The maximum atomic E-state index is 5.18. The van der Waals surface area contributed by atoms with Gasteiger partial charge in [-0.15, -0.1) is 24.0 Å². The molecule has 0 spiro atoms. The number of guanidine groups is 1. The fourth-order valence-electron chi connectivity index (χ4n) is 2.99. The van der Waals surface area contributed by atoms with Gasteiger partial charge < -0.3 is 20.4 Å². The smallest absolute Gasteiger partial charge is 0.190 e. The molecule has 0 fully saturated rings. The Balaban J connectivity index is 0.00000261. The second-order valence-corrected chi connectivity index (χ2v) is 6.13. The number of rotatable bonds is 7. The highest BCUT2D eigenvalue weighted by Crippen LogP contribution is 2.17. The third-order valence-corrected chi connectivity index (χ3v) is 4.45. The molecular formula is C21H27IN4O. The zero-order valence-electron chi connectivity index (χ0n) is 15.8. The summed E-state index contributed by atoms with van der Waals surface area (Å²) < 4.78 is 5.18. The van der Waals surface area contributed by atoms with E-state index in [1.807, 2.05) is 12.1 Å². The molecule has 3 rings (SSSR count). The van der Waals surface area contributed by atoms with Crippen LogP contribution < -0.4 is 15.4 Å². The number of nitrogens with zero attached hydrogens (tertiary/aromatic N) is 1. The Morgan fingerprint density at radius 1 is 1.00 bits per heavy atom. The van der Waals surface area contributed by atoms with Crippen LogP contribution in [0.2, 0.25) is 0 Å². The highest BCUT2D eigenvalue weighted by Gasteiger charge is 2.03. The number of methoxy groups -OCH3 is 1. The molecule has 0 atom stereocenters. The highest BCUT2D eigenvalue weighted by atomic mass is 127. The molecule has 0 saturated heterocycles. The molecule has 0 aliphatic rings. The largest absolute Gasteiger partial charge is 0.497 e. The van der Waals surface area contributed by atoms with Crippen molar-refractivity contribution >= 4 is 40.8 Å². The maximum absolute atomic E-state index is 5.18. The summed E-state index contributed by atoms with van der Waals surface area (Å²) in [5.74, 6) is 1.72. The van der Waals surface area contributed by atoms with Crippen molar-refractivity contribution in [3.8, 4) is 5.75 Å². The number of halogens is 1. The molecule has 0 saturated carbocycles. The molecule has 0 bridgehead atoms. The lowest BCUT2D eigenvalue weighted by Gasteiger charge is -2.12. The standard InChI is InChI=1S/C21H26N4O.HI/c1-22-21(23-13-11-16-7-9-18(26-2)10-8-16)24-14-12-17-15-25-20-6-4-3-5-19(17)20;/h3-10,15,25H,11-14H2,1-2H3,(H2,22,23,24);1H. The summed E-state index contributed by atoms with van der Waals surface area (Å²) in [5.41, 5.74) is 3.78. The summed E-state index contributed by atoms with van der Waals surface area (Å²) in [6, 6.07) is 16.5. The Hall–Kier alpha value is -2.22. The van der Waals surface area contributed by atoms with E-state index in [0.717, 1.165) is 37.6 Å². The van der Waals surface area contributed by atoms with Gasteiger partial charge in [-0.1, -0.05) is 30.3 Å². The quantitative estimate of drug-likeness (QED) is 0.276. The van der Waals surface area contributed by atoms with Crippen LogP contribution in [0.25, 0.3) is 10.9 Å². The van der Waals surface area contributed by atoms with Gasteiger partial charge in [0.05, 0.1) is 7.11 Å². The maximum Gasteiger partial charge on any atom is 0.190 e. The Morgan fingerprint density at radius 3 is 2.41 bits per heavy atom. The predicted octanol–water partition coefficient (Wildman–Crippen LogP) is 3.74. The van der Waals surface area contributed by atoms with E-state index in [0.29, 0.717) is 0 Å². The van der Waals surface area contributed by atoms with E-state index >= 15 is 0 Å². The zero-order valence-corrected chi connectivity index (χ0v) is 18.1. The zero-order chi connectivity index (χ0) is 18.2. The molecule has 3 aromatic rings. The molecule has 1 aromatic heterocycles. The van der Waals surface area contributed by atoms with Crippen LogP contribution in [0.4, 0.5) is 0 Å². The molecule has 0 unspecified atom stereocenters. The normalized spacial score (nSPS) is 11.1. The van der Waals surface area contributed by atoms with Crippen molar-refractivity contribution in [3.63, 3.8) is 0 Å². The lowest BCUT2D eigenvalue weighted by atomic mass is 10.1. The van der Waals surface area contributed by atoms with Crippen molar-refractivity contribution in [1.29, 1.82) is 0 Å². The first kappa shape index (κ1) is 21.1. The highest BCUT2D eigenvalue weighted by molar-refractivity contribution is 14.0. The average molecular weight is 478 g/mol. The van der Waals surface area contributed by atoms with E-state index < -0.39 is 0 Å². The van der Waals surface area contributed by atoms with Crippen LogP contribution >= 0.6 is 24.0 Å². The van der Waals surface area contributed by atoms with E-state index in [2.05, 4.69) is 63.2 Å². The Labute approximate surface area is 177 Å². The molecule has 27 heavy (non-hydrogen) atoms. The first-order chi connectivity index (χ1) is 12.8. The minimum absolute atomic E-state index is 0. The third-order valence-electron chi connectivity index (χ3n) is 4.45. The van der Waals surface area contributed by atoms with Gasteiger partial charge in [-0.25, -0.2) is 0 Å². The molecule has 0 aliphatic heterocycles. The van der Waals surface area contributed by atoms with Gasteiger partial charge in [0.2, 0.25) is 0 Å². The fourth-order valence-corrected chi connectivity index (χ4v) is 2.99.